The van der Waals surface area contributed by atoms with Gasteiger partial charge >= 0.3 is 0 Å². The molecule has 9 atom stereocenters. The van der Waals surface area contributed by atoms with Gasteiger partial charge in [0.15, 0.2) is 0 Å². The first-order valence-electron chi connectivity index (χ1n) is 9.72. The monoisotopic (exact) mass is 306 g/mol. The summed E-state index contributed by atoms with van der Waals surface area (Å²) in [6.07, 6.45) is 9.07. The molecule has 0 bridgehead atoms. The second-order valence-corrected chi connectivity index (χ2v) is 9.74. The molecule has 2 heteroatoms. The van der Waals surface area contributed by atoms with Crippen LogP contribution < -0.4 is 0 Å². The highest BCUT2D eigenvalue weighted by molar-refractivity contribution is 5.10. The number of aliphatic hydroxyl groups is 2. The van der Waals surface area contributed by atoms with E-state index in [0.29, 0.717) is 11.3 Å². The fraction of sp³-hybridized carbons (Fsp3) is 1.00. The highest BCUT2D eigenvalue weighted by atomic mass is 16.3. The molecule has 0 amide bonds. The third-order valence-corrected chi connectivity index (χ3v) is 9.13. The van der Waals surface area contributed by atoms with E-state index in [0.717, 1.165) is 49.4 Å². The standard InChI is InChI=1S/C20H34O2/c1-12-4-5-15-14-11-18(22)17-10-13(21)6-8-20(17,3)16(14)7-9-19(12,15)2/h12-18,21-22H,4-11H2,1-3H3/t12-,13-,14?,15?,16?,17+,18-,19+,20+/m0/s1. The molecular weight excluding hydrogens is 272 g/mol. The lowest BCUT2D eigenvalue weighted by Gasteiger charge is -2.62. The van der Waals surface area contributed by atoms with Crippen LogP contribution in [0.4, 0.5) is 0 Å². The molecule has 0 aromatic rings. The Labute approximate surface area is 135 Å². The first-order valence-corrected chi connectivity index (χ1v) is 9.72. The molecule has 0 heterocycles. The molecule has 22 heavy (non-hydrogen) atoms. The molecule has 4 fully saturated rings. The number of rotatable bonds is 0. The first-order chi connectivity index (χ1) is 10.4. The van der Waals surface area contributed by atoms with E-state index in [1.807, 2.05) is 0 Å². The van der Waals surface area contributed by atoms with Gasteiger partial charge in [0.1, 0.15) is 0 Å². The smallest absolute Gasteiger partial charge is 0.0577 e. The predicted molar refractivity (Wildman–Crippen MR) is 88.3 cm³/mol. The van der Waals surface area contributed by atoms with Gasteiger partial charge in [-0.25, -0.2) is 0 Å². The van der Waals surface area contributed by atoms with Crippen molar-refractivity contribution < 1.29 is 10.2 Å². The van der Waals surface area contributed by atoms with Crippen LogP contribution in [0.5, 0.6) is 0 Å². The van der Waals surface area contributed by atoms with E-state index in [1.165, 1.54) is 25.7 Å². The van der Waals surface area contributed by atoms with Crippen molar-refractivity contribution in [1.29, 1.82) is 0 Å². The molecule has 0 radical (unpaired) electrons. The Morgan fingerprint density at radius 3 is 2.23 bits per heavy atom. The van der Waals surface area contributed by atoms with Gasteiger partial charge in [-0.15, -0.1) is 0 Å². The van der Waals surface area contributed by atoms with Gasteiger partial charge in [-0.2, -0.15) is 0 Å². The highest BCUT2D eigenvalue weighted by Crippen LogP contribution is 2.67. The van der Waals surface area contributed by atoms with Crippen molar-refractivity contribution in [2.24, 2.45) is 40.4 Å². The van der Waals surface area contributed by atoms with Crippen LogP contribution in [0.25, 0.3) is 0 Å². The molecule has 0 aromatic carbocycles. The minimum Gasteiger partial charge on any atom is -0.393 e. The molecule has 4 saturated carbocycles. The molecule has 0 spiro atoms. The van der Waals surface area contributed by atoms with Gasteiger partial charge in [0.2, 0.25) is 0 Å². The Balaban J connectivity index is 1.66. The van der Waals surface area contributed by atoms with E-state index in [1.54, 1.807) is 0 Å². The van der Waals surface area contributed by atoms with E-state index >= 15 is 0 Å². The van der Waals surface area contributed by atoms with Crippen molar-refractivity contribution in [2.75, 3.05) is 0 Å². The van der Waals surface area contributed by atoms with E-state index in [9.17, 15) is 10.2 Å². The Bertz CT molecular complexity index is 449. The molecular formula is C20H34O2. The van der Waals surface area contributed by atoms with Crippen molar-refractivity contribution in [2.45, 2.75) is 84.3 Å². The summed E-state index contributed by atoms with van der Waals surface area (Å²) in [5, 5.41) is 21.0. The van der Waals surface area contributed by atoms with Gasteiger partial charge in [0, 0.05) is 0 Å². The van der Waals surface area contributed by atoms with Crippen molar-refractivity contribution in [3.63, 3.8) is 0 Å². The average Bonchev–Trinajstić information content (AvgIpc) is 2.77. The van der Waals surface area contributed by atoms with Gasteiger partial charge in [-0.05, 0) is 91.8 Å². The van der Waals surface area contributed by atoms with Gasteiger partial charge in [0.25, 0.3) is 0 Å². The van der Waals surface area contributed by atoms with Crippen LogP contribution in [0.15, 0.2) is 0 Å². The van der Waals surface area contributed by atoms with Gasteiger partial charge in [-0.1, -0.05) is 20.8 Å². The maximum atomic E-state index is 10.9. The summed E-state index contributed by atoms with van der Waals surface area (Å²) < 4.78 is 0. The fourth-order valence-corrected chi connectivity index (χ4v) is 7.54. The zero-order valence-corrected chi connectivity index (χ0v) is 14.6. The lowest BCUT2D eigenvalue weighted by molar-refractivity contribution is -0.170. The van der Waals surface area contributed by atoms with Gasteiger partial charge < -0.3 is 10.2 Å². The second kappa shape index (κ2) is 4.96. The number of hydrogen-bond acceptors (Lipinski definition) is 2. The summed E-state index contributed by atoms with van der Waals surface area (Å²) in [5.74, 6) is 3.54. The summed E-state index contributed by atoms with van der Waals surface area (Å²) in [7, 11) is 0. The van der Waals surface area contributed by atoms with Crippen LogP contribution in [0, 0.1) is 40.4 Å². The summed E-state index contributed by atoms with van der Waals surface area (Å²) in [5.41, 5.74) is 0.799. The fourth-order valence-electron chi connectivity index (χ4n) is 7.54. The molecule has 0 saturated heterocycles. The molecule has 126 valence electrons. The molecule has 2 N–H and O–H groups in total. The van der Waals surface area contributed by atoms with E-state index < -0.39 is 0 Å². The van der Waals surface area contributed by atoms with E-state index in [2.05, 4.69) is 20.8 Å². The topological polar surface area (TPSA) is 40.5 Å². The third-order valence-electron chi connectivity index (χ3n) is 9.13. The Kier molecular flexibility index (Phi) is 3.48. The number of hydrogen-bond donors (Lipinski definition) is 2. The molecule has 4 rings (SSSR count). The number of aliphatic hydroxyl groups excluding tert-OH is 2. The van der Waals surface area contributed by atoms with Crippen LogP contribution in [0.3, 0.4) is 0 Å². The minimum absolute atomic E-state index is 0.176. The minimum atomic E-state index is -0.181. The Morgan fingerprint density at radius 2 is 1.45 bits per heavy atom. The maximum Gasteiger partial charge on any atom is 0.0577 e. The molecule has 2 nitrogen and oxygen atoms in total. The zero-order chi connectivity index (χ0) is 15.7. The average molecular weight is 306 g/mol. The molecule has 0 aromatic heterocycles. The lowest BCUT2D eigenvalue weighted by atomic mass is 9.44. The second-order valence-electron chi connectivity index (χ2n) is 9.74. The normalized spacial score (nSPS) is 61.2. The van der Waals surface area contributed by atoms with Crippen LogP contribution in [-0.4, -0.2) is 22.4 Å². The Hall–Kier alpha value is -0.0800. The van der Waals surface area contributed by atoms with Gasteiger partial charge in [0.05, 0.1) is 12.2 Å². The predicted octanol–water partition coefficient (Wildman–Crippen LogP) is 4.00. The molecule has 3 unspecified atom stereocenters. The largest absolute Gasteiger partial charge is 0.393 e. The highest BCUT2D eigenvalue weighted by Gasteiger charge is 2.61. The quantitative estimate of drug-likeness (QED) is 0.710. The summed E-state index contributed by atoms with van der Waals surface area (Å²) in [6, 6.07) is 0. The van der Waals surface area contributed by atoms with Crippen molar-refractivity contribution in [3.05, 3.63) is 0 Å². The Morgan fingerprint density at radius 1 is 0.773 bits per heavy atom. The first kappa shape index (κ1) is 15.4. The van der Waals surface area contributed by atoms with Crippen LogP contribution in [-0.2, 0) is 0 Å². The van der Waals surface area contributed by atoms with Crippen LogP contribution in [0.1, 0.15) is 72.1 Å². The lowest BCUT2D eigenvalue weighted by Crippen LogP contribution is -2.58. The third kappa shape index (κ3) is 1.92. The van der Waals surface area contributed by atoms with E-state index in [-0.39, 0.29) is 17.6 Å². The summed E-state index contributed by atoms with van der Waals surface area (Å²) in [4.78, 5) is 0. The molecule has 4 aliphatic rings. The zero-order valence-electron chi connectivity index (χ0n) is 14.6. The van der Waals surface area contributed by atoms with Crippen LogP contribution >= 0.6 is 0 Å². The summed E-state index contributed by atoms with van der Waals surface area (Å²) in [6.45, 7) is 7.45. The van der Waals surface area contributed by atoms with Crippen molar-refractivity contribution in [1.82, 2.24) is 0 Å². The van der Waals surface area contributed by atoms with Crippen molar-refractivity contribution in [3.8, 4) is 0 Å². The van der Waals surface area contributed by atoms with Gasteiger partial charge in [-0.3, -0.25) is 0 Å². The summed E-state index contributed by atoms with van der Waals surface area (Å²) >= 11 is 0. The van der Waals surface area contributed by atoms with E-state index in [4.69, 9.17) is 0 Å². The van der Waals surface area contributed by atoms with Crippen molar-refractivity contribution >= 4 is 0 Å². The molecule has 0 aliphatic heterocycles. The molecule has 4 aliphatic carbocycles. The SMILES string of the molecule is C[C@H]1CCC2C3C[C@H](O)[C@H]4C[C@@H](O)CC[C@]4(C)C3CC[C@@]21C. The maximum absolute atomic E-state index is 10.9. The van der Waals surface area contributed by atoms with Crippen LogP contribution in [0.2, 0.25) is 0 Å². The number of fused-ring (bicyclic) bond motifs is 5.